The number of rotatable bonds is 4. The van der Waals surface area contributed by atoms with Crippen LogP contribution >= 0.6 is 11.8 Å². The van der Waals surface area contributed by atoms with Crippen LogP contribution in [0.1, 0.15) is 26.2 Å². The van der Waals surface area contributed by atoms with Crippen molar-refractivity contribution in [2.75, 3.05) is 13.2 Å². The van der Waals surface area contributed by atoms with Crippen molar-refractivity contribution in [1.29, 1.82) is 0 Å². The van der Waals surface area contributed by atoms with Gasteiger partial charge in [-0.3, -0.25) is 9.59 Å². The van der Waals surface area contributed by atoms with E-state index in [2.05, 4.69) is 0 Å². The van der Waals surface area contributed by atoms with Gasteiger partial charge in [-0.15, -0.1) is 11.8 Å². The van der Waals surface area contributed by atoms with Crippen molar-refractivity contribution in [3.8, 4) is 0 Å². The van der Waals surface area contributed by atoms with Crippen molar-refractivity contribution >= 4 is 23.6 Å². The van der Waals surface area contributed by atoms with Crippen molar-refractivity contribution in [3.05, 3.63) is 30.3 Å². The van der Waals surface area contributed by atoms with Crippen LogP contribution in [0.3, 0.4) is 0 Å². The molecule has 3 rings (SSSR count). The summed E-state index contributed by atoms with van der Waals surface area (Å²) in [6.45, 7) is 2.85. The first-order chi connectivity index (χ1) is 10.2. The Morgan fingerprint density at radius 2 is 2.19 bits per heavy atom. The minimum atomic E-state index is -0.649. The molecule has 2 atom stereocenters. The minimum absolute atomic E-state index is 0.0331. The average Bonchev–Trinajstić information content (AvgIpc) is 3.03. The Bertz CT molecular complexity index is 548. The van der Waals surface area contributed by atoms with Gasteiger partial charge in [0.2, 0.25) is 5.91 Å². The van der Waals surface area contributed by atoms with Crippen LogP contribution in [0.25, 0.3) is 0 Å². The lowest BCUT2D eigenvalue weighted by Gasteiger charge is -2.31. The van der Waals surface area contributed by atoms with E-state index in [0.29, 0.717) is 26.0 Å². The molecule has 112 valence electrons. The van der Waals surface area contributed by atoms with Gasteiger partial charge in [0.25, 0.3) is 0 Å². The van der Waals surface area contributed by atoms with Gasteiger partial charge in [-0.25, -0.2) is 0 Å². The van der Waals surface area contributed by atoms with E-state index in [9.17, 15) is 9.59 Å². The maximum absolute atomic E-state index is 12.6. The SMILES string of the molecule is CCOC(=O)C1(Sc2ccccc2)CCN2C(=O)CC[C@H]21. The maximum atomic E-state index is 12.6. The zero-order valence-corrected chi connectivity index (χ0v) is 12.9. The van der Waals surface area contributed by atoms with E-state index in [0.717, 1.165) is 11.3 Å². The molecule has 2 aliphatic rings. The lowest BCUT2D eigenvalue weighted by molar-refractivity contribution is -0.146. The molecule has 0 aromatic heterocycles. The van der Waals surface area contributed by atoms with Crippen molar-refractivity contribution < 1.29 is 14.3 Å². The Balaban J connectivity index is 1.93. The standard InChI is InChI=1S/C16H19NO3S/c1-2-20-15(19)16(21-12-6-4-3-5-7-12)10-11-17-13(16)8-9-14(17)18/h3-7,13H,2,8-11H2,1H3/t13-,16?/m0/s1. The topological polar surface area (TPSA) is 46.6 Å². The Hall–Kier alpha value is -1.49. The summed E-state index contributed by atoms with van der Waals surface area (Å²) in [5, 5.41) is 0. The summed E-state index contributed by atoms with van der Waals surface area (Å²) in [6.07, 6.45) is 1.96. The summed E-state index contributed by atoms with van der Waals surface area (Å²) >= 11 is 1.56. The second-order valence-corrected chi connectivity index (χ2v) is 6.82. The first kappa shape index (κ1) is 14.4. The zero-order chi connectivity index (χ0) is 14.9. The highest BCUT2D eigenvalue weighted by molar-refractivity contribution is 8.01. The molecule has 0 N–H and O–H groups in total. The monoisotopic (exact) mass is 305 g/mol. The highest BCUT2D eigenvalue weighted by Crippen LogP contribution is 2.49. The van der Waals surface area contributed by atoms with Crippen LogP contribution in [-0.4, -0.2) is 40.7 Å². The number of esters is 1. The molecule has 2 fully saturated rings. The van der Waals surface area contributed by atoms with E-state index in [1.165, 1.54) is 0 Å². The first-order valence-corrected chi connectivity index (χ1v) is 8.20. The smallest absolute Gasteiger partial charge is 0.324 e. The molecule has 0 spiro atoms. The van der Waals surface area contributed by atoms with Crippen LogP contribution in [0.5, 0.6) is 0 Å². The number of amides is 1. The second kappa shape index (κ2) is 5.72. The highest BCUT2D eigenvalue weighted by Gasteiger charge is 2.58. The Morgan fingerprint density at radius 1 is 1.43 bits per heavy atom. The molecule has 5 heteroatoms. The zero-order valence-electron chi connectivity index (χ0n) is 12.1. The number of benzene rings is 1. The van der Waals surface area contributed by atoms with Crippen LogP contribution in [0, 0.1) is 0 Å². The summed E-state index contributed by atoms with van der Waals surface area (Å²) < 4.78 is 4.70. The molecule has 2 heterocycles. The first-order valence-electron chi connectivity index (χ1n) is 7.38. The minimum Gasteiger partial charge on any atom is -0.465 e. The normalized spacial score (nSPS) is 27.8. The van der Waals surface area contributed by atoms with Gasteiger partial charge < -0.3 is 9.64 Å². The fourth-order valence-corrected chi connectivity index (χ4v) is 4.73. The van der Waals surface area contributed by atoms with E-state index in [-0.39, 0.29) is 17.9 Å². The predicted octanol–water partition coefficient (Wildman–Crippen LogP) is 2.48. The van der Waals surface area contributed by atoms with Crippen LogP contribution < -0.4 is 0 Å². The second-order valence-electron chi connectivity index (χ2n) is 5.42. The molecule has 2 aliphatic heterocycles. The van der Waals surface area contributed by atoms with Crippen molar-refractivity contribution in [2.45, 2.75) is 41.9 Å². The van der Waals surface area contributed by atoms with Crippen molar-refractivity contribution in [1.82, 2.24) is 4.90 Å². The van der Waals surface area contributed by atoms with Crippen LogP contribution in [0.2, 0.25) is 0 Å². The summed E-state index contributed by atoms with van der Waals surface area (Å²) in [5.74, 6) is -0.0131. The lowest BCUT2D eigenvalue weighted by atomic mass is 9.97. The van der Waals surface area contributed by atoms with E-state index in [1.807, 2.05) is 42.2 Å². The quantitative estimate of drug-likeness (QED) is 0.802. The predicted molar refractivity (Wildman–Crippen MR) is 81.0 cm³/mol. The fourth-order valence-electron chi connectivity index (χ4n) is 3.30. The van der Waals surface area contributed by atoms with Gasteiger partial charge in [0, 0.05) is 17.9 Å². The van der Waals surface area contributed by atoms with Crippen LogP contribution in [0.15, 0.2) is 35.2 Å². The molecule has 21 heavy (non-hydrogen) atoms. The van der Waals surface area contributed by atoms with E-state index in [4.69, 9.17) is 4.74 Å². The molecule has 4 nitrogen and oxygen atoms in total. The molecule has 0 saturated carbocycles. The van der Waals surface area contributed by atoms with Crippen LogP contribution in [0.4, 0.5) is 0 Å². The van der Waals surface area contributed by atoms with E-state index < -0.39 is 4.75 Å². The fraction of sp³-hybridized carbons (Fsp3) is 0.500. The van der Waals surface area contributed by atoms with Crippen molar-refractivity contribution in [3.63, 3.8) is 0 Å². The Morgan fingerprint density at radius 3 is 2.90 bits per heavy atom. The number of carbonyl (C=O) groups is 2. The van der Waals surface area contributed by atoms with Gasteiger partial charge in [-0.2, -0.15) is 0 Å². The van der Waals surface area contributed by atoms with Gasteiger partial charge in [0.05, 0.1) is 12.6 Å². The average molecular weight is 305 g/mol. The molecule has 1 amide bonds. The van der Waals surface area contributed by atoms with Gasteiger partial charge in [-0.1, -0.05) is 18.2 Å². The van der Waals surface area contributed by atoms with Gasteiger partial charge in [-0.05, 0) is 31.9 Å². The lowest BCUT2D eigenvalue weighted by Crippen LogP contribution is -2.46. The number of carbonyl (C=O) groups excluding carboxylic acids is 2. The molecule has 0 radical (unpaired) electrons. The number of ether oxygens (including phenoxy) is 1. The van der Waals surface area contributed by atoms with E-state index in [1.54, 1.807) is 11.8 Å². The molecule has 0 bridgehead atoms. The Labute approximate surface area is 128 Å². The number of fused-ring (bicyclic) bond motifs is 1. The van der Waals surface area contributed by atoms with Gasteiger partial charge >= 0.3 is 5.97 Å². The summed E-state index contributed by atoms with van der Waals surface area (Å²) in [4.78, 5) is 27.5. The highest BCUT2D eigenvalue weighted by atomic mass is 32.2. The summed E-state index contributed by atoms with van der Waals surface area (Å²) in [6, 6.07) is 9.87. The van der Waals surface area contributed by atoms with E-state index >= 15 is 0 Å². The summed E-state index contributed by atoms with van der Waals surface area (Å²) in [7, 11) is 0. The van der Waals surface area contributed by atoms with Gasteiger partial charge in [0.15, 0.2) is 0 Å². The number of hydrogen-bond donors (Lipinski definition) is 0. The molecule has 1 unspecified atom stereocenters. The molecule has 0 aliphatic carbocycles. The third kappa shape index (κ3) is 2.44. The van der Waals surface area contributed by atoms with Gasteiger partial charge in [0.1, 0.15) is 4.75 Å². The molecule has 1 aromatic rings. The maximum Gasteiger partial charge on any atom is 0.324 e. The Kier molecular flexibility index (Phi) is 3.93. The number of thioether (sulfide) groups is 1. The third-order valence-corrected chi connectivity index (χ3v) is 5.77. The third-order valence-electron chi connectivity index (χ3n) is 4.25. The number of nitrogens with zero attached hydrogens (tertiary/aromatic N) is 1. The summed E-state index contributed by atoms with van der Waals surface area (Å²) in [5.41, 5.74) is 0. The molecular weight excluding hydrogens is 286 g/mol. The largest absolute Gasteiger partial charge is 0.465 e. The molecular formula is C16H19NO3S. The van der Waals surface area contributed by atoms with Crippen LogP contribution in [-0.2, 0) is 14.3 Å². The van der Waals surface area contributed by atoms with Crippen molar-refractivity contribution in [2.24, 2.45) is 0 Å². The number of hydrogen-bond acceptors (Lipinski definition) is 4. The molecule has 1 aromatic carbocycles. The molecule has 2 saturated heterocycles.